The Bertz CT molecular complexity index is 613. The first-order valence-electron chi connectivity index (χ1n) is 7.78. The number of nitrogens with one attached hydrogen (secondary N) is 1. The zero-order valence-corrected chi connectivity index (χ0v) is 13.4. The SMILES string of the molecule is Cc1cccnc1C1CC(C)(O)CC(c2ncccc2C)N1. The number of hydrogen-bond donors (Lipinski definition) is 2. The van der Waals surface area contributed by atoms with E-state index in [0.717, 1.165) is 22.5 Å². The number of aliphatic hydroxyl groups is 1. The summed E-state index contributed by atoms with van der Waals surface area (Å²) in [4.78, 5) is 9.05. The van der Waals surface area contributed by atoms with Crippen molar-refractivity contribution < 1.29 is 5.11 Å². The highest BCUT2D eigenvalue weighted by atomic mass is 16.3. The van der Waals surface area contributed by atoms with Crippen LogP contribution < -0.4 is 5.32 Å². The van der Waals surface area contributed by atoms with Crippen LogP contribution >= 0.6 is 0 Å². The maximum atomic E-state index is 10.7. The van der Waals surface area contributed by atoms with Gasteiger partial charge in [0.05, 0.1) is 29.1 Å². The van der Waals surface area contributed by atoms with Crippen molar-refractivity contribution in [2.24, 2.45) is 0 Å². The highest BCUT2D eigenvalue weighted by Crippen LogP contribution is 2.38. The van der Waals surface area contributed by atoms with E-state index in [2.05, 4.69) is 41.3 Å². The molecule has 0 radical (unpaired) electrons. The number of piperidine rings is 1. The van der Waals surface area contributed by atoms with Gasteiger partial charge in [-0.05, 0) is 56.9 Å². The summed E-state index contributed by atoms with van der Waals surface area (Å²) in [6, 6.07) is 8.09. The van der Waals surface area contributed by atoms with Crippen molar-refractivity contribution in [3.05, 3.63) is 59.2 Å². The normalized spacial score (nSPS) is 28.5. The van der Waals surface area contributed by atoms with Crippen LogP contribution in [0.5, 0.6) is 0 Å². The van der Waals surface area contributed by atoms with Gasteiger partial charge in [-0.25, -0.2) is 0 Å². The van der Waals surface area contributed by atoms with Crippen LogP contribution in [0.2, 0.25) is 0 Å². The molecular formula is C18H23N3O. The fourth-order valence-corrected chi connectivity index (χ4v) is 3.40. The van der Waals surface area contributed by atoms with Gasteiger partial charge in [0.2, 0.25) is 0 Å². The fraction of sp³-hybridized carbons (Fsp3) is 0.444. The number of rotatable bonds is 2. The summed E-state index contributed by atoms with van der Waals surface area (Å²) in [7, 11) is 0. The number of aryl methyl sites for hydroxylation is 2. The van der Waals surface area contributed by atoms with Crippen LogP contribution in [0.4, 0.5) is 0 Å². The lowest BCUT2D eigenvalue weighted by molar-refractivity contribution is -0.00571. The zero-order chi connectivity index (χ0) is 15.7. The quantitative estimate of drug-likeness (QED) is 0.894. The Morgan fingerprint density at radius 2 is 1.45 bits per heavy atom. The third kappa shape index (κ3) is 3.03. The highest BCUT2D eigenvalue weighted by molar-refractivity contribution is 5.26. The molecule has 0 spiro atoms. The molecule has 0 aliphatic carbocycles. The maximum absolute atomic E-state index is 10.7. The predicted molar refractivity (Wildman–Crippen MR) is 86.4 cm³/mol. The van der Waals surface area contributed by atoms with E-state index in [1.165, 1.54) is 0 Å². The minimum atomic E-state index is -0.728. The lowest BCUT2D eigenvalue weighted by Gasteiger charge is -2.40. The molecule has 2 unspecified atom stereocenters. The number of pyridine rings is 2. The van der Waals surface area contributed by atoms with E-state index in [0.29, 0.717) is 12.8 Å². The molecule has 1 aliphatic rings. The van der Waals surface area contributed by atoms with Crippen molar-refractivity contribution in [3.63, 3.8) is 0 Å². The van der Waals surface area contributed by atoms with Crippen LogP contribution in [0.1, 0.15) is 54.4 Å². The van der Waals surface area contributed by atoms with Crippen molar-refractivity contribution >= 4 is 0 Å². The van der Waals surface area contributed by atoms with E-state index in [-0.39, 0.29) is 12.1 Å². The van der Waals surface area contributed by atoms with Gasteiger partial charge in [0.15, 0.2) is 0 Å². The second kappa shape index (κ2) is 5.78. The van der Waals surface area contributed by atoms with Crippen LogP contribution in [0.3, 0.4) is 0 Å². The first-order valence-corrected chi connectivity index (χ1v) is 7.78. The molecule has 4 nitrogen and oxygen atoms in total. The predicted octanol–water partition coefficient (Wildman–Crippen LogP) is 3.01. The molecule has 3 rings (SSSR count). The van der Waals surface area contributed by atoms with Gasteiger partial charge in [-0.3, -0.25) is 9.97 Å². The van der Waals surface area contributed by atoms with Crippen molar-refractivity contribution in [1.29, 1.82) is 0 Å². The molecule has 1 fully saturated rings. The Morgan fingerprint density at radius 3 is 1.86 bits per heavy atom. The fourth-order valence-electron chi connectivity index (χ4n) is 3.40. The Morgan fingerprint density at radius 1 is 1.00 bits per heavy atom. The number of hydrogen-bond acceptors (Lipinski definition) is 4. The van der Waals surface area contributed by atoms with Crippen LogP contribution in [0.15, 0.2) is 36.7 Å². The van der Waals surface area contributed by atoms with Gasteiger partial charge >= 0.3 is 0 Å². The Balaban J connectivity index is 1.94. The molecule has 116 valence electrons. The molecule has 1 saturated heterocycles. The summed E-state index contributed by atoms with van der Waals surface area (Å²) in [5.41, 5.74) is 3.60. The number of nitrogens with zero attached hydrogens (tertiary/aromatic N) is 2. The van der Waals surface area contributed by atoms with E-state index in [4.69, 9.17) is 0 Å². The van der Waals surface area contributed by atoms with Crippen LogP contribution in [-0.4, -0.2) is 20.7 Å². The van der Waals surface area contributed by atoms with Gasteiger partial charge in [-0.15, -0.1) is 0 Å². The lowest BCUT2D eigenvalue weighted by atomic mass is 9.81. The van der Waals surface area contributed by atoms with Crippen molar-refractivity contribution in [2.75, 3.05) is 0 Å². The van der Waals surface area contributed by atoms with Gasteiger partial charge in [0.25, 0.3) is 0 Å². The van der Waals surface area contributed by atoms with Gasteiger partial charge in [0.1, 0.15) is 0 Å². The molecule has 2 atom stereocenters. The molecule has 2 aromatic rings. The van der Waals surface area contributed by atoms with Crippen molar-refractivity contribution in [2.45, 2.75) is 51.3 Å². The topological polar surface area (TPSA) is 58.0 Å². The standard InChI is InChI=1S/C18H23N3O/c1-12-6-4-8-19-16(12)14-10-18(3,22)11-15(21-14)17-13(2)7-5-9-20-17/h4-9,14-15,21-22H,10-11H2,1-3H3. The van der Waals surface area contributed by atoms with Crippen LogP contribution in [0.25, 0.3) is 0 Å². The first kappa shape index (κ1) is 15.1. The third-order valence-corrected chi connectivity index (χ3v) is 4.45. The van der Waals surface area contributed by atoms with Crippen LogP contribution in [-0.2, 0) is 0 Å². The molecule has 22 heavy (non-hydrogen) atoms. The Labute approximate surface area is 131 Å². The summed E-state index contributed by atoms with van der Waals surface area (Å²) >= 11 is 0. The molecule has 3 heterocycles. The molecule has 2 N–H and O–H groups in total. The maximum Gasteiger partial charge on any atom is 0.0657 e. The molecule has 0 bridgehead atoms. The van der Waals surface area contributed by atoms with Crippen molar-refractivity contribution in [1.82, 2.24) is 15.3 Å². The second-order valence-corrected chi connectivity index (χ2v) is 6.59. The summed E-state index contributed by atoms with van der Waals surface area (Å²) in [6.45, 7) is 6.03. The van der Waals surface area contributed by atoms with E-state index in [1.54, 1.807) is 0 Å². The zero-order valence-electron chi connectivity index (χ0n) is 13.4. The van der Waals surface area contributed by atoms with Gasteiger partial charge in [-0.1, -0.05) is 12.1 Å². The lowest BCUT2D eigenvalue weighted by Crippen LogP contribution is -2.44. The average Bonchev–Trinajstić information content (AvgIpc) is 2.46. The van der Waals surface area contributed by atoms with Crippen LogP contribution in [0, 0.1) is 13.8 Å². The monoisotopic (exact) mass is 297 g/mol. The molecule has 0 amide bonds. The van der Waals surface area contributed by atoms with E-state index >= 15 is 0 Å². The van der Waals surface area contributed by atoms with E-state index in [9.17, 15) is 5.11 Å². The highest BCUT2D eigenvalue weighted by Gasteiger charge is 2.38. The minimum Gasteiger partial charge on any atom is -0.390 e. The van der Waals surface area contributed by atoms with Gasteiger partial charge in [0, 0.05) is 12.4 Å². The van der Waals surface area contributed by atoms with Gasteiger partial charge < -0.3 is 10.4 Å². The summed E-state index contributed by atoms with van der Waals surface area (Å²) in [5.74, 6) is 0. The summed E-state index contributed by atoms with van der Waals surface area (Å²) in [6.07, 6.45) is 4.95. The first-order chi connectivity index (χ1) is 10.5. The van der Waals surface area contributed by atoms with E-state index < -0.39 is 5.60 Å². The smallest absolute Gasteiger partial charge is 0.0657 e. The minimum absolute atomic E-state index is 0.0383. The molecule has 1 aliphatic heterocycles. The Hall–Kier alpha value is -1.78. The second-order valence-electron chi connectivity index (χ2n) is 6.59. The molecule has 4 heteroatoms. The third-order valence-electron chi connectivity index (χ3n) is 4.45. The average molecular weight is 297 g/mol. The van der Waals surface area contributed by atoms with E-state index in [1.807, 2.05) is 31.5 Å². The summed E-state index contributed by atoms with van der Waals surface area (Å²) < 4.78 is 0. The number of aromatic nitrogens is 2. The molecule has 0 aromatic carbocycles. The largest absolute Gasteiger partial charge is 0.390 e. The summed E-state index contributed by atoms with van der Waals surface area (Å²) in [5, 5.41) is 14.4. The molecule has 2 aromatic heterocycles. The Kier molecular flexibility index (Phi) is 3.98. The molecule has 0 saturated carbocycles. The molecular weight excluding hydrogens is 274 g/mol. The van der Waals surface area contributed by atoms with Crippen molar-refractivity contribution in [3.8, 4) is 0 Å². The van der Waals surface area contributed by atoms with Gasteiger partial charge in [-0.2, -0.15) is 0 Å².